The van der Waals surface area contributed by atoms with Crippen molar-refractivity contribution in [2.45, 2.75) is 13.0 Å². The van der Waals surface area contributed by atoms with E-state index in [1.165, 1.54) is 41.7 Å². The summed E-state index contributed by atoms with van der Waals surface area (Å²) in [4.78, 5) is 52.3. The number of rotatable bonds is 4. The lowest BCUT2D eigenvalue weighted by atomic mass is 10.2. The van der Waals surface area contributed by atoms with Crippen LogP contribution < -0.4 is 22.3 Å². The van der Waals surface area contributed by atoms with Gasteiger partial charge in [-0.15, -0.1) is 0 Å². The second-order valence-corrected chi connectivity index (χ2v) is 6.14. The van der Waals surface area contributed by atoms with Crippen LogP contribution in [0.2, 0.25) is 0 Å². The van der Waals surface area contributed by atoms with Crippen LogP contribution in [0.4, 0.5) is 5.69 Å². The number of primary amides is 1. The highest BCUT2D eigenvalue weighted by molar-refractivity contribution is 5.96. The van der Waals surface area contributed by atoms with Gasteiger partial charge >= 0.3 is 5.69 Å². The first-order valence-corrected chi connectivity index (χ1v) is 8.05. The van der Waals surface area contributed by atoms with Crippen LogP contribution in [-0.4, -0.2) is 30.5 Å². The molecule has 3 aromatic rings. The summed E-state index contributed by atoms with van der Waals surface area (Å²) >= 11 is 0. The molecule has 0 saturated carbocycles. The molecule has 3 N–H and O–H groups in total. The predicted molar refractivity (Wildman–Crippen MR) is 98.5 cm³/mol. The summed E-state index contributed by atoms with van der Waals surface area (Å²) in [6.45, 7) is 1.61. The average molecular weight is 370 g/mol. The number of benzene rings is 1. The van der Waals surface area contributed by atoms with Gasteiger partial charge in [-0.2, -0.15) is 0 Å². The van der Waals surface area contributed by atoms with Gasteiger partial charge in [-0.05, 0) is 31.2 Å². The van der Waals surface area contributed by atoms with E-state index in [0.717, 1.165) is 4.57 Å². The Morgan fingerprint density at radius 3 is 2.33 bits per heavy atom. The number of nitrogens with zero attached hydrogens (tertiary/aromatic N) is 4. The zero-order chi connectivity index (χ0) is 19.9. The van der Waals surface area contributed by atoms with Crippen molar-refractivity contribution in [2.24, 2.45) is 19.8 Å². The Balaban J connectivity index is 1.95. The molecule has 27 heavy (non-hydrogen) atoms. The molecule has 0 aliphatic heterocycles. The molecule has 0 fully saturated rings. The SMILES string of the molecule is CC(C(=O)Nc1ccc(C(N)=O)cc1)n1cnc2c1c(=O)n(C)c(=O)n2C. The second-order valence-electron chi connectivity index (χ2n) is 6.14. The van der Waals surface area contributed by atoms with Crippen molar-refractivity contribution in [3.63, 3.8) is 0 Å². The summed E-state index contributed by atoms with van der Waals surface area (Å²) in [7, 11) is 2.87. The minimum atomic E-state index is -0.768. The van der Waals surface area contributed by atoms with Crippen LogP contribution in [0.15, 0.2) is 40.2 Å². The fourth-order valence-electron chi connectivity index (χ4n) is 2.75. The fraction of sp³-hybridized carbons (Fsp3) is 0.235. The van der Waals surface area contributed by atoms with E-state index in [4.69, 9.17) is 5.73 Å². The van der Waals surface area contributed by atoms with Crippen LogP contribution in [0.5, 0.6) is 0 Å². The Hall–Kier alpha value is -3.69. The maximum Gasteiger partial charge on any atom is 0.332 e. The Bertz CT molecular complexity index is 1170. The third kappa shape index (κ3) is 3.01. The van der Waals surface area contributed by atoms with Crippen molar-refractivity contribution in [1.29, 1.82) is 0 Å². The molecule has 2 heterocycles. The largest absolute Gasteiger partial charge is 0.366 e. The number of carbonyl (C=O) groups excluding carboxylic acids is 2. The number of hydrogen-bond donors (Lipinski definition) is 2. The van der Waals surface area contributed by atoms with Gasteiger partial charge in [0.05, 0.1) is 6.33 Å². The van der Waals surface area contributed by atoms with Gasteiger partial charge in [-0.3, -0.25) is 23.5 Å². The van der Waals surface area contributed by atoms with Crippen LogP contribution in [0.3, 0.4) is 0 Å². The molecular formula is C17H18N6O4. The van der Waals surface area contributed by atoms with Crippen LogP contribution in [-0.2, 0) is 18.9 Å². The molecular weight excluding hydrogens is 352 g/mol. The van der Waals surface area contributed by atoms with Crippen molar-refractivity contribution >= 4 is 28.7 Å². The van der Waals surface area contributed by atoms with Gasteiger partial charge in [0, 0.05) is 25.3 Å². The Morgan fingerprint density at radius 1 is 1.11 bits per heavy atom. The molecule has 1 aromatic carbocycles. The van der Waals surface area contributed by atoms with Crippen LogP contribution >= 0.6 is 0 Å². The highest BCUT2D eigenvalue weighted by Crippen LogP contribution is 2.16. The van der Waals surface area contributed by atoms with Crippen molar-refractivity contribution in [1.82, 2.24) is 18.7 Å². The number of hydrogen-bond acceptors (Lipinski definition) is 5. The monoisotopic (exact) mass is 370 g/mol. The molecule has 3 rings (SSSR count). The summed E-state index contributed by atoms with van der Waals surface area (Å²) in [6.07, 6.45) is 1.35. The Labute approximate surface area is 152 Å². The summed E-state index contributed by atoms with van der Waals surface area (Å²) in [6, 6.07) is 5.34. The van der Waals surface area contributed by atoms with E-state index in [-0.39, 0.29) is 11.2 Å². The molecule has 2 aromatic heterocycles. The van der Waals surface area contributed by atoms with E-state index in [1.54, 1.807) is 19.1 Å². The normalized spacial score (nSPS) is 12.1. The summed E-state index contributed by atoms with van der Waals surface area (Å²) in [5.41, 5.74) is 5.32. The molecule has 0 saturated heterocycles. The third-order valence-electron chi connectivity index (χ3n) is 4.41. The van der Waals surface area contributed by atoms with E-state index >= 15 is 0 Å². The predicted octanol–water partition coefficient (Wildman–Crippen LogP) is -0.268. The molecule has 2 amide bonds. The fourth-order valence-corrected chi connectivity index (χ4v) is 2.75. The molecule has 10 nitrogen and oxygen atoms in total. The van der Waals surface area contributed by atoms with Gasteiger partial charge in [-0.1, -0.05) is 0 Å². The smallest absolute Gasteiger partial charge is 0.332 e. The van der Waals surface area contributed by atoms with Crippen molar-refractivity contribution in [2.75, 3.05) is 5.32 Å². The van der Waals surface area contributed by atoms with E-state index in [9.17, 15) is 19.2 Å². The van der Waals surface area contributed by atoms with E-state index in [1.807, 2.05) is 0 Å². The van der Waals surface area contributed by atoms with Crippen molar-refractivity contribution in [3.05, 3.63) is 57.0 Å². The number of anilines is 1. The minimum absolute atomic E-state index is 0.159. The maximum atomic E-state index is 12.6. The zero-order valence-electron chi connectivity index (χ0n) is 15.0. The van der Waals surface area contributed by atoms with Gasteiger partial charge in [0.15, 0.2) is 11.2 Å². The third-order valence-corrected chi connectivity index (χ3v) is 4.41. The van der Waals surface area contributed by atoms with Gasteiger partial charge in [-0.25, -0.2) is 9.78 Å². The highest BCUT2D eigenvalue weighted by Gasteiger charge is 2.22. The second kappa shape index (κ2) is 6.56. The minimum Gasteiger partial charge on any atom is -0.366 e. The molecule has 140 valence electrons. The molecule has 10 heteroatoms. The molecule has 0 spiro atoms. The van der Waals surface area contributed by atoms with Crippen LogP contribution in [0.1, 0.15) is 23.3 Å². The average Bonchev–Trinajstić information content (AvgIpc) is 3.09. The zero-order valence-corrected chi connectivity index (χ0v) is 15.0. The Kier molecular flexibility index (Phi) is 4.40. The number of aromatic nitrogens is 4. The standard InChI is InChI=1S/C17H18N6O4/c1-9(15(25)20-11-6-4-10(5-7-11)13(18)24)23-8-19-14-12(23)16(26)22(3)17(27)21(14)2/h4-9H,1-3H3,(H2,18,24)(H,20,25). The number of fused-ring (bicyclic) bond motifs is 1. The summed E-state index contributed by atoms with van der Waals surface area (Å²) in [5.74, 6) is -0.954. The molecule has 0 radical (unpaired) electrons. The molecule has 0 aliphatic rings. The summed E-state index contributed by atoms with van der Waals surface area (Å²) in [5, 5.41) is 2.70. The van der Waals surface area contributed by atoms with Crippen LogP contribution in [0.25, 0.3) is 11.2 Å². The summed E-state index contributed by atoms with van der Waals surface area (Å²) < 4.78 is 3.64. The number of amides is 2. The molecule has 1 atom stereocenters. The van der Waals surface area contributed by atoms with Gasteiger partial charge < -0.3 is 15.6 Å². The van der Waals surface area contributed by atoms with Crippen molar-refractivity contribution in [3.8, 4) is 0 Å². The Morgan fingerprint density at radius 2 is 1.74 bits per heavy atom. The molecule has 0 aliphatic carbocycles. The van der Waals surface area contributed by atoms with Gasteiger partial charge in [0.1, 0.15) is 6.04 Å². The van der Waals surface area contributed by atoms with Crippen molar-refractivity contribution < 1.29 is 9.59 Å². The first kappa shape index (κ1) is 18.1. The number of aryl methyl sites for hydroxylation is 1. The lowest BCUT2D eigenvalue weighted by molar-refractivity contribution is -0.118. The number of imidazole rings is 1. The quantitative estimate of drug-likeness (QED) is 0.652. The molecule has 1 unspecified atom stereocenters. The first-order chi connectivity index (χ1) is 12.7. The topological polar surface area (TPSA) is 134 Å². The lowest BCUT2D eigenvalue weighted by Gasteiger charge is -2.15. The number of nitrogens with two attached hydrogens (primary N) is 1. The highest BCUT2D eigenvalue weighted by atomic mass is 16.2. The van der Waals surface area contributed by atoms with E-state index < -0.39 is 29.1 Å². The maximum absolute atomic E-state index is 12.6. The number of nitrogens with one attached hydrogen (secondary N) is 1. The number of carbonyl (C=O) groups is 2. The van der Waals surface area contributed by atoms with E-state index in [0.29, 0.717) is 11.3 Å². The van der Waals surface area contributed by atoms with E-state index in [2.05, 4.69) is 10.3 Å². The van der Waals surface area contributed by atoms with Crippen LogP contribution in [0, 0.1) is 0 Å². The first-order valence-electron chi connectivity index (χ1n) is 8.05. The lowest BCUT2D eigenvalue weighted by Crippen LogP contribution is -2.38. The molecule has 0 bridgehead atoms. The van der Waals surface area contributed by atoms with Gasteiger partial charge in [0.25, 0.3) is 5.56 Å². The van der Waals surface area contributed by atoms with Gasteiger partial charge in [0.2, 0.25) is 11.8 Å².